The molecule has 0 spiro atoms. The average Bonchev–Trinajstić information content (AvgIpc) is 2.44. The van der Waals surface area contributed by atoms with Gasteiger partial charge in [0.25, 0.3) is 0 Å². The Balaban J connectivity index is 3.01. The van der Waals surface area contributed by atoms with Gasteiger partial charge in [-0.25, -0.2) is 4.79 Å². The summed E-state index contributed by atoms with van der Waals surface area (Å²) in [5.74, 6) is 0. The number of carbonyl (C=O) groups excluding carboxylic acids is 1. The Hall–Kier alpha value is -0.730. The number of carbonyl (C=O) groups is 1. The molecule has 20 heavy (non-hydrogen) atoms. The van der Waals surface area contributed by atoms with Crippen LogP contribution in [0.4, 0.5) is 4.79 Å². The highest BCUT2D eigenvalue weighted by atomic mass is 16.7. The van der Waals surface area contributed by atoms with Gasteiger partial charge in [-0.2, -0.15) is 0 Å². The summed E-state index contributed by atoms with van der Waals surface area (Å²) in [5, 5.41) is 0. The fourth-order valence-corrected chi connectivity index (χ4v) is 2.26. The van der Waals surface area contributed by atoms with Crippen molar-refractivity contribution in [2.75, 3.05) is 13.2 Å². The van der Waals surface area contributed by atoms with Gasteiger partial charge in [0.1, 0.15) is 0 Å². The topological polar surface area (TPSA) is 35.5 Å². The summed E-state index contributed by atoms with van der Waals surface area (Å²) < 4.78 is 9.60. The lowest BCUT2D eigenvalue weighted by Crippen LogP contribution is -2.07. The molecule has 3 heteroatoms. The second kappa shape index (κ2) is 16.3. The van der Waals surface area contributed by atoms with Crippen LogP contribution in [0, 0.1) is 0 Å². The van der Waals surface area contributed by atoms with Crippen LogP contribution >= 0.6 is 0 Å². The average molecular weight is 286 g/mol. The molecule has 0 aliphatic heterocycles. The number of hydrogen-bond donors (Lipinski definition) is 0. The molecule has 0 atom stereocenters. The van der Waals surface area contributed by atoms with E-state index in [0.717, 1.165) is 12.8 Å². The van der Waals surface area contributed by atoms with Crippen molar-refractivity contribution in [3.8, 4) is 0 Å². The maximum absolute atomic E-state index is 10.9. The van der Waals surface area contributed by atoms with Crippen LogP contribution in [0.3, 0.4) is 0 Å². The molecule has 0 unspecified atom stereocenters. The second-order valence-corrected chi connectivity index (χ2v) is 5.42. The zero-order chi connectivity index (χ0) is 14.9. The van der Waals surface area contributed by atoms with Crippen LogP contribution in [-0.4, -0.2) is 19.4 Å². The summed E-state index contributed by atoms with van der Waals surface area (Å²) in [6.07, 6.45) is 15.2. The van der Waals surface area contributed by atoms with Gasteiger partial charge in [-0.3, -0.25) is 0 Å². The highest BCUT2D eigenvalue weighted by molar-refractivity contribution is 5.59. The molecule has 120 valence electrons. The van der Waals surface area contributed by atoms with Crippen molar-refractivity contribution >= 4 is 6.16 Å². The van der Waals surface area contributed by atoms with Gasteiger partial charge in [0, 0.05) is 0 Å². The number of ether oxygens (including phenoxy) is 2. The van der Waals surface area contributed by atoms with E-state index in [-0.39, 0.29) is 0 Å². The van der Waals surface area contributed by atoms with Crippen LogP contribution in [-0.2, 0) is 9.47 Å². The van der Waals surface area contributed by atoms with Crippen molar-refractivity contribution in [2.45, 2.75) is 90.9 Å². The van der Waals surface area contributed by atoms with Crippen molar-refractivity contribution in [1.82, 2.24) is 0 Å². The third-order valence-electron chi connectivity index (χ3n) is 3.48. The molecule has 0 aliphatic rings. The van der Waals surface area contributed by atoms with Crippen LogP contribution < -0.4 is 0 Å². The van der Waals surface area contributed by atoms with E-state index in [2.05, 4.69) is 11.7 Å². The van der Waals surface area contributed by atoms with E-state index in [4.69, 9.17) is 4.74 Å². The van der Waals surface area contributed by atoms with Crippen LogP contribution in [0.5, 0.6) is 0 Å². The SMILES string of the molecule is CCCCCCCCCCCCCCOC(=O)OCC. The van der Waals surface area contributed by atoms with Crippen molar-refractivity contribution in [1.29, 1.82) is 0 Å². The summed E-state index contributed by atoms with van der Waals surface area (Å²) >= 11 is 0. The number of rotatable bonds is 14. The molecule has 0 heterocycles. The van der Waals surface area contributed by atoms with Crippen molar-refractivity contribution in [2.24, 2.45) is 0 Å². The van der Waals surface area contributed by atoms with E-state index < -0.39 is 6.16 Å². The Bertz CT molecular complexity index is 204. The number of unbranched alkanes of at least 4 members (excludes halogenated alkanes) is 11. The first-order valence-corrected chi connectivity index (χ1v) is 8.60. The molecule has 0 saturated carbocycles. The molecule has 0 aromatic carbocycles. The van der Waals surface area contributed by atoms with Crippen molar-refractivity contribution in [3.63, 3.8) is 0 Å². The first-order chi connectivity index (χ1) is 9.81. The molecule has 0 bridgehead atoms. The number of hydrogen-bond acceptors (Lipinski definition) is 3. The first-order valence-electron chi connectivity index (χ1n) is 8.60. The van der Waals surface area contributed by atoms with Crippen molar-refractivity contribution in [3.05, 3.63) is 0 Å². The fourth-order valence-electron chi connectivity index (χ4n) is 2.26. The monoisotopic (exact) mass is 286 g/mol. The molecule has 0 saturated heterocycles. The molecule has 0 amide bonds. The van der Waals surface area contributed by atoms with Gasteiger partial charge in [-0.05, 0) is 13.3 Å². The molecule has 0 N–H and O–H groups in total. The Morgan fingerprint density at radius 3 is 1.55 bits per heavy atom. The summed E-state index contributed by atoms with van der Waals surface area (Å²) in [6.45, 7) is 4.93. The molecular weight excluding hydrogens is 252 g/mol. The highest BCUT2D eigenvalue weighted by Gasteiger charge is 2.00. The minimum atomic E-state index is -0.532. The Kier molecular flexibility index (Phi) is 15.7. The van der Waals surface area contributed by atoms with Gasteiger partial charge in [-0.1, -0.05) is 77.6 Å². The van der Waals surface area contributed by atoms with Gasteiger partial charge >= 0.3 is 6.16 Å². The van der Waals surface area contributed by atoms with Gasteiger partial charge < -0.3 is 9.47 Å². The molecular formula is C17H34O3. The predicted octanol–water partition coefficient (Wildman–Crippen LogP) is 5.86. The summed E-state index contributed by atoms with van der Waals surface area (Å²) in [4.78, 5) is 10.9. The van der Waals surface area contributed by atoms with Gasteiger partial charge in [0.05, 0.1) is 13.2 Å². The lowest BCUT2D eigenvalue weighted by Gasteiger charge is -2.04. The third-order valence-corrected chi connectivity index (χ3v) is 3.48. The molecule has 0 fully saturated rings. The Morgan fingerprint density at radius 2 is 1.10 bits per heavy atom. The van der Waals surface area contributed by atoms with Gasteiger partial charge in [0.15, 0.2) is 0 Å². The molecule has 0 aromatic rings. The zero-order valence-corrected chi connectivity index (χ0v) is 13.6. The van der Waals surface area contributed by atoms with Gasteiger partial charge in [-0.15, -0.1) is 0 Å². The largest absolute Gasteiger partial charge is 0.508 e. The summed E-state index contributed by atoms with van der Waals surface area (Å²) in [6, 6.07) is 0. The molecule has 0 radical (unpaired) electrons. The van der Waals surface area contributed by atoms with Crippen molar-refractivity contribution < 1.29 is 14.3 Å². The maximum atomic E-state index is 10.9. The normalized spacial score (nSPS) is 10.5. The molecule has 0 aromatic heterocycles. The third kappa shape index (κ3) is 15.3. The highest BCUT2D eigenvalue weighted by Crippen LogP contribution is 2.11. The van der Waals surface area contributed by atoms with E-state index in [1.54, 1.807) is 6.92 Å². The lowest BCUT2D eigenvalue weighted by atomic mass is 10.1. The van der Waals surface area contributed by atoms with E-state index in [0.29, 0.717) is 13.2 Å². The van der Waals surface area contributed by atoms with E-state index in [9.17, 15) is 4.79 Å². The second-order valence-electron chi connectivity index (χ2n) is 5.42. The first kappa shape index (κ1) is 19.3. The Morgan fingerprint density at radius 1 is 0.650 bits per heavy atom. The Labute approximate surface area is 125 Å². The lowest BCUT2D eigenvalue weighted by molar-refractivity contribution is 0.0578. The van der Waals surface area contributed by atoms with E-state index in [1.165, 1.54) is 64.2 Å². The quantitative estimate of drug-likeness (QED) is 0.296. The summed E-state index contributed by atoms with van der Waals surface area (Å²) in [5.41, 5.74) is 0. The van der Waals surface area contributed by atoms with Crippen LogP contribution in [0.15, 0.2) is 0 Å². The maximum Gasteiger partial charge on any atom is 0.508 e. The molecule has 0 aliphatic carbocycles. The smallest absolute Gasteiger partial charge is 0.435 e. The van der Waals surface area contributed by atoms with Gasteiger partial charge in [0.2, 0.25) is 0 Å². The van der Waals surface area contributed by atoms with E-state index >= 15 is 0 Å². The van der Waals surface area contributed by atoms with Crippen LogP contribution in [0.2, 0.25) is 0 Å². The zero-order valence-electron chi connectivity index (χ0n) is 13.6. The summed E-state index contributed by atoms with van der Waals surface area (Å²) in [7, 11) is 0. The standard InChI is InChI=1S/C17H34O3/c1-3-5-6-7-8-9-10-11-12-13-14-15-16-20-17(18)19-4-2/h3-16H2,1-2H3. The fraction of sp³-hybridized carbons (Fsp3) is 0.941. The minimum absolute atomic E-state index is 0.386. The molecule has 0 rings (SSSR count). The van der Waals surface area contributed by atoms with Crippen LogP contribution in [0.25, 0.3) is 0 Å². The van der Waals surface area contributed by atoms with Crippen LogP contribution in [0.1, 0.15) is 90.9 Å². The minimum Gasteiger partial charge on any atom is -0.435 e. The molecule has 3 nitrogen and oxygen atoms in total. The predicted molar refractivity (Wildman–Crippen MR) is 84.1 cm³/mol. The van der Waals surface area contributed by atoms with E-state index in [1.807, 2.05) is 0 Å².